The van der Waals surface area contributed by atoms with Gasteiger partial charge in [0.05, 0.1) is 0 Å². The van der Waals surface area contributed by atoms with Gasteiger partial charge >= 0.3 is 0 Å². The van der Waals surface area contributed by atoms with Crippen LogP contribution in [0.1, 0.15) is 24.8 Å². The fourth-order valence-electron chi connectivity index (χ4n) is 2.07. The Balaban J connectivity index is 0.00000441. The van der Waals surface area contributed by atoms with Gasteiger partial charge in [0.1, 0.15) is 5.82 Å². The monoisotopic (exact) mass is 423 g/mol. The smallest absolute Gasteiger partial charge is 0.193 e. The SMILES string of the molecule is CN=C(NCCCCCOC)N(C)Cc1ccc(F)cc1.I. The lowest BCUT2D eigenvalue weighted by Crippen LogP contribution is -2.38. The van der Waals surface area contributed by atoms with E-state index >= 15 is 0 Å². The van der Waals surface area contributed by atoms with E-state index in [0.717, 1.165) is 43.9 Å². The molecule has 0 spiro atoms. The summed E-state index contributed by atoms with van der Waals surface area (Å²) in [6.07, 6.45) is 3.31. The molecule has 0 radical (unpaired) electrons. The molecule has 0 saturated heterocycles. The molecule has 1 rings (SSSR count). The van der Waals surface area contributed by atoms with Gasteiger partial charge < -0.3 is 15.0 Å². The Morgan fingerprint density at radius 2 is 1.91 bits per heavy atom. The molecule has 0 aromatic heterocycles. The van der Waals surface area contributed by atoms with Gasteiger partial charge in [-0.3, -0.25) is 4.99 Å². The molecule has 6 heteroatoms. The largest absolute Gasteiger partial charge is 0.385 e. The van der Waals surface area contributed by atoms with Gasteiger partial charge in [-0.2, -0.15) is 0 Å². The molecule has 0 saturated carbocycles. The number of nitrogens with one attached hydrogen (secondary N) is 1. The van der Waals surface area contributed by atoms with Gasteiger partial charge in [-0.1, -0.05) is 12.1 Å². The van der Waals surface area contributed by atoms with Crippen molar-refractivity contribution >= 4 is 29.9 Å². The molecular weight excluding hydrogens is 396 g/mol. The Morgan fingerprint density at radius 1 is 1.23 bits per heavy atom. The molecule has 0 bridgehead atoms. The van der Waals surface area contributed by atoms with Gasteiger partial charge in [-0.05, 0) is 37.0 Å². The number of hydrogen-bond acceptors (Lipinski definition) is 2. The van der Waals surface area contributed by atoms with Crippen LogP contribution in [0.25, 0.3) is 0 Å². The Bertz CT molecular complexity index is 426. The molecule has 0 aliphatic heterocycles. The first-order valence-electron chi connectivity index (χ1n) is 7.32. The molecule has 1 aromatic rings. The van der Waals surface area contributed by atoms with Crippen molar-refractivity contribution < 1.29 is 9.13 Å². The second kappa shape index (κ2) is 12.6. The van der Waals surface area contributed by atoms with Crippen LogP contribution in [0.3, 0.4) is 0 Å². The molecular formula is C16H27FIN3O. The zero-order valence-electron chi connectivity index (χ0n) is 13.6. The summed E-state index contributed by atoms with van der Waals surface area (Å²) in [5, 5.41) is 3.34. The maximum atomic E-state index is 12.9. The van der Waals surface area contributed by atoms with E-state index in [2.05, 4.69) is 10.3 Å². The van der Waals surface area contributed by atoms with Crippen molar-refractivity contribution in [2.75, 3.05) is 34.4 Å². The normalized spacial score (nSPS) is 11.0. The van der Waals surface area contributed by atoms with E-state index in [1.807, 2.05) is 11.9 Å². The van der Waals surface area contributed by atoms with Crippen LogP contribution in [0.5, 0.6) is 0 Å². The molecule has 0 unspecified atom stereocenters. The highest BCUT2D eigenvalue weighted by Crippen LogP contribution is 2.05. The van der Waals surface area contributed by atoms with Crippen LogP contribution in [0, 0.1) is 5.82 Å². The molecule has 22 heavy (non-hydrogen) atoms. The van der Waals surface area contributed by atoms with Crippen LogP contribution in [0.4, 0.5) is 4.39 Å². The molecule has 4 nitrogen and oxygen atoms in total. The van der Waals surface area contributed by atoms with Gasteiger partial charge in [0.15, 0.2) is 5.96 Å². The number of halogens is 2. The number of rotatable bonds is 8. The van der Waals surface area contributed by atoms with E-state index < -0.39 is 0 Å². The highest BCUT2D eigenvalue weighted by Gasteiger charge is 2.06. The number of guanidine groups is 1. The third-order valence-electron chi connectivity index (χ3n) is 3.21. The van der Waals surface area contributed by atoms with Crippen LogP contribution in [-0.2, 0) is 11.3 Å². The first-order chi connectivity index (χ1) is 10.2. The number of hydrogen-bond donors (Lipinski definition) is 1. The van der Waals surface area contributed by atoms with Crippen molar-refractivity contribution in [2.24, 2.45) is 4.99 Å². The lowest BCUT2D eigenvalue weighted by molar-refractivity contribution is 0.192. The summed E-state index contributed by atoms with van der Waals surface area (Å²) in [6, 6.07) is 6.55. The quantitative estimate of drug-likeness (QED) is 0.302. The maximum Gasteiger partial charge on any atom is 0.193 e. The molecule has 0 fully saturated rings. The summed E-state index contributed by atoms with van der Waals surface area (Å²) >= 11 is 0. The lowest BCUT2D eigenvalue weighted by Gasteiger charge is -2.22. The van der Waals surface area contributed by atoms with Crippen LogP contribution in [-0.4, -0.2) is 45.2 Å². The number of benzene rings is 1. The Kier molecular flexibility index (Phi) is 12.1. The zero-order valence-corrected chi connectivity index (χ0v) is 16.0. The standard InChI is InChI=1S/C16H26FN3O.HI/c1-18-16(19-11-5-4-6-12-21-3)20(2)13-14-7-9-15(17)10-8-14;/h7-10H,4-6,11-13H2,1-3H3,(H,18,19);1H. The number of aliphatic imine (C=N–C) groups is 1. The third kappa shape index (κ3) is 8.53. The van der Waals surface area contributed by atoms with Gasteiger partial charge in [-0.15, -0.1) is 24.0 Å². The van der Waals surface area contributed by atoms with Crippen LogP contribution in [0.15, 0.2) is 29.3 Å². The molecule has 1 aromatic carbocycles. The lowest BCUT2D eigenvalue weighted by atomic mass is 10.2. The minimum Gasteiger partial charge on any atom is -0.385 e. The first-order valence-corrected chi connectivity index (χ1v) is 7.32. The van der Waals surface area contributed by atoms with E-state index in [0.29, 0.717) is 6.54 Å². The second-order valence-corrected chi connectivity index (χ2v) is 5.01. The first kappa shape index (κ1) is 21.1. The van der Waals surface area contributed by atoms with Crippen molar-refractivity contribution in [3.8, 4) is 0 Å². The summed E-state index contributed by atoms with van der Waals surface area (Å²) in [4.78, 5) is 6.30. The van der Waals surface area contributed by atoms with Crippen LogP contribution < -0.4 is 5.32 Å². The van der Waals surface area contributed by atoms with E-state index in [1.54, 1.807) is 26.3 Å². The Hall–Kier alpha value is -0.890. The average Bonchev–Trinajstić information content (AvgIpc) is 2.49. The van der Waals surface area contributed by atoms with E-state index in [-0.39, 0.29) is 29.8 Å². The zero-order chi connectivity index (χ0) is 15.5. The predicted molar refractivity (Wildman–Crippen MR) is 100 cm³/mol. The van der Waals surface area contributed by atoms with E-state index in [1.165, 1.54) is 12.1 Å². The molecule has 0 amide bonds. The molecule has 1 N–H and O–H groups in total. The number of methoxy groups -OCH3 is 1. The second-order valence-electron chi connectivity index (χ2n) is 5.01. The minimum absolute atomic E-state index is 0. The van der Waals surface area contributed by atoms with Crippen LogP contribution >= 0.6 is 24.0 Å². The van der Waals surface area contributed by atoms with Crippen molar-refractivity contribution in [1.82, 2.24) is 10.2 Å². The van der Waals surface area contributed by atoms with Crippen molar-refractivity contribution in [3.05, 3.63) is 35.6 Å². The summed E-state index contributed by atoms with van der Waals surface area (Å²) in [6.45, 7) is 2.41. The summed E-state index contributed by atoms with van der Waals surface area (Å²) in [7, 11) is 5.47. The van der Waals surface area contributed by atoms with Crippen molar-refractivity contribution in [2.45, 2.75) is 25.8 Å². The highest BCUT2D eigenvalue weighted by atomic mass is 127. The summed E-state index contributed by atoms with van der Waals surface area (Å²) in [5.41, 5.74) is 1.06. The van der Waals surface area contributed by atoms with Gasteiger partial charge in [0.25, 0.3) is 0 Å². The Labute approximate surface area is 150 Å². The van der Waals surface area contributed by atoms with Gasteiger partial charge in [0, 0.05) is 40.9 Å². The van der Waals surface area contributed by atoms with E-state index in [9.17, 15) is 4.39 Å². The molecule has 0 aliphatic rings. The number of unbranched alkanes of at least 4 members (excludes halogenated alkanes) is 2. The summed E-state index contributed by atoms with van der Waals surface area (Å²) < 4.78 is 17.9. The fraction of sp³-hybridized carbons (Fsp3) is 0.562. The van der Waals surface area contributed by atoms with Crippen molar-refractivity contribution in [3.63, 3.8) is 0 Å². The summed E-state index contributed by atoms with van der Waals surface area (Å²) in [5.74, 6) is 0.644. The maximum absolute atomic E-state index is 12.9. The predicted octanol–water partition coefficient (Wildman–Crippen LogP) is 3.27. The molecule has 0 atom stereocenters. The van der Waals surface area contributed by atoms with Gasteiger partial charge in [-0.25, -0.2) is 4.39 Å². The topological polar surface area (TPSA) is 36.9 Å². The van der Waals surface area contributed by atoms with Crippen LogP contribution in [0.2, 0.25) is 0 Å². The van der Waals surface area contributed by atoms with Crippen molar-refractivity contribution in [1.29, 1.82) is 0 Å². The average molecular weight is 423 g/mol. The third-order valence-corrected chi connectivity index (χ3v) is 3.21. The van der Waals surface area contributed by atoms with Gasteiger partial charge in [0.2, 0.25) is 0 Å². The molecule has 0 heterocycles. The molecule has 0 aliphatic carbocycles. The minimum atomic E-state index is -0.208. The fourth-order valence-corrected chi connectivity index (χ4v) is 2.07. The molecule has 126 valence electrons. The number of ether oxygens (including phenoxy) is 1. The van der Waals surface area contributed by atoms with E-state index in [4.69, 9.17) is 4.74 Å². The Morgan fingerprint density at radius 3 is 2.50 bits per heavy atom. The highest BCUT2D eigenvalue weighted by molar-refractivity contribution is 14.0. The number of nitrogens with zero attached hydrogens (tertiary/aromatic N) is 2.